The van der Waals surface area contributed by atoms with Gasteiger partial charge in [-0.1, -0.05) is 41.4 Å². The monoisotopic (exact) mass is 380 g/mol. The first-order valence-corrected chi connectivity index (χ1v) is 8.91. The highest BCUT2D eigenvalue weighted by Gasteiger charge is 2.34. The van der Waals surface area contributed by atoms with Crippen molar-refractivity contribution in [2.24, 2.45) is 5.92 Å². The molecule has 6 heteroatoms. The molecule has 1 saturated carbocycles. The molecule has 0 saturated heterocycles. The molecule has 2 aromatic rings. The topological polar surface area (TPSA) is 32.3 Å². The van der Waals surface area contributed by atoms with Crippen molar-refractivity contribution in [1.82, 2.24) is 10.2 Å². The van der Waals surface area contributed by atoms with E-state index in [1.54, 1.807) is 19.2 Å². The SMILES string of the molecule is CN(Cc1c(F)cccc1Cl)C(=O)NC(c1ccc(Cl)cc1)C1CC1. The van der Waals surface area contributed by atoms with E-state index in [0.717, 1.165) is 18.4 Å². The summed E-state index contributed by atoms with van der Waals surface area (Å²) < 4.78 is 13.9. The van der Waals surface area contributed by atoms with E-state index in [2.05, 4.69) is 5.32 Å². The summed E-state index contributed by atoms with van der Waals surface area (Å²) in [6.45, 7) is 0.106. The third-order valence-corrected chi connectivity index (χ3v) is 5.01. The fraction of sp³-hybridized carbons (Fsp3) is 0.316. The smallest absolute Gasteiger partial charge is 0.317 e. The highest BCUT2D eigenvalue weighted by molar-refractivity contribution is 6.31. The van der Waals surface area contributed by atoms with Crippen molar-refractivity contribution in [3.63, 3.8) is 0 Å². The van der Waals surface area contributed by atoms with Crippen LogP contribution in [0.2, 0.25) is 10.0 Å². The van der Waals surface area contributed by atoms with Crippen LogP contribution >= 0.6 is 23.2 Å². The number of carbonyl (C=O) groups excluding carboxylic acids is 1. The van der Waals surface area contributed by atoms with Crippen LogP contribution in [0.25, 0.3) is 0 Å². The number of amides is 2. The van der Waals surface area contributed by atoms with Gasteiger partial charge in [0.2, 0.25) is 0 Å². The van der Waals surface area contributed by atoms with Crippen molar-refractivity contribution < 1.29 is 9.18 Å². The molecule has 0 aliphatic heterocycles. The molecule has 3 rings (SSSR count). The Morgan fingerprint density at radius 3 is 2.52 bits per heavy atom. The average molecular weight is 381 g/mol. The van der Waals surface area contributed by atoms with Crippen LogP contribution in [-0.4, -0.2) is 18.0 Å². The summed E-state index contributed by atoms with van der Waals surface area (Å²) in [5.74, 6) is 0.0131. The first-order chi connectivity index (χ1) is 12.0. The zero-order valence-electron chi connectivity index (χ0n) is 13.8. The zero-order valence-corrected chi connectivity index (χ0v) is 15.3. The number of carbonyl (C=O) groups is 1. The molecule has 1 N–H and O–H groups in total. The molecule has 132 valence electrons. The van der Waals surface area contributed by atoms with Gasteiger partial charge in [0.05, 0.1) is 12.6 Å². The molecule has 25 heavy (non-hydrogen) atoms. The standard InChI is InChI=1S/C19H19Cl2FN2O/c1-24(11-15-16(21)3-2-4-17(15)22)19(25)23-18(12-5-6-12)13-7-9-14(20)10-8-13/h2-4,7-10,12,18H,5-6,11H2,1H3,(H,23,25). The fourth-order valence-corrected chi connectivity index (χ4v) is 3.16. The Morgan fingerprint density at radius 1 is 1.24 bits per heavy atom. The molecule has 1 aliphatic carbocycles. The highest BCUT2D eigenvalue weighted by Crippen LogP contribution is 2.41. The second-order valence-electron chi connectivity index (χ2n) is 6.37. The minimum absolute atomic E-state index is 0.0664. The molecule has 0 heterocycles. The van der Waals surface area contributed by atoms with Gasteiger partial charge in [0.1, 0.15) is 5.82 Å². The molecule has 1 fully saturated rings. The quantitative estimate of drug-likeness (QED) is 0.737. The predicted molar refractivity (Wildman–Crippen MR) is 98.3 cm³/mol. The Balaban J connectivity index is 1.70. The number of urea groups is 1. The third-order valence-electron chi connectivity index (χ3n) is 4.41. The maximum atomic E-state index is 13.9. The van der Waals surface area contributed by atoms with Crippen LogP contribution in [0.4, 0.5) is 9.18 Å². The van der Waals surface area contributed by atoms with Crippen LogP contribution < -0.4 is 5.32 Å². The lowest BCUT2D eigenvalue weighted by molar-refractivity contribution is 0.200. The van der Waals surface area contributed by atoms with E-state index < -0.39 is 5.82 Å². The summed E-state index contributed by atoms with van der Waals surface area (Å²) in [7, 11) is 1.63. The van der Waals surface area contributed by atoms with Crippen molar-refractivity contribution in [3.05, 3.63) is 69.5 Å². The lowest BCUT2D eigenvalue weighted by atomic mass is 10.0. The highest BCUT2D eigenvalue weighted by atomic mass is 35.5. The van der Waals surface area contributed by atoms with Gasteiger partial charge in [0, 0.05) is 22.7 Å². The molecule has 0 aromatic heterocycles. The minimum atomic E-state index is -0.413. The van der Waals surface area contributed by atoms with E-state index in [4.69, 9.17) is 23.2 Å². The van der Waals surface area contributed by atoms with Crippen LogP contribution in [0.1, 0.15) is 30.0 Å². The molecule has 1 aliphatic rings. The summed E-state index contributed by atoms with van der Waals surface area (Å²) in [5, 5.41) is 4.03. The van der Waals surface area contributed by atoms with E-state index in [-0.39, 0.29) is 18.6 Å². The molecule has 2 amide bonds. The van der Waals surface area contributed by atoms with Gasteiger partial charge in [0.25, 0.3) is 0 Å². The van der Waals surface area contributed by atoms with E-state index in [0.29, 0.717) is 21.5 Å². The normalized spacial score (nSPS) is 14.9. The molecular weight excluding hydrogens is 362 g/mol. The Labute approximate surface area is 156 Å². The lowest BCUT2D eigenvalue weighted by Crippen LogP contribution is -2.39. The second-order valence-corrected chi connectivity index (χ2v) is 7.22. The molecule has 0 bridgehead atoms. The predicted octanol–water partition coefficient (Wildman–Crippen LogP) is 5.43. The Morgan fingerprint density at radius 2 is 1.92 bits per heavy atom. The van der Waals surface area contributed by atoms with E-state index in [9.17, 15) is 9.18 Å². The molecule has 0 radical (unpaired) electrons. The van der Waals surface area contributed by atoms with Gasteiger partial charge < -0.3 is 10.2 Å². The fourth-order valence-electron chi connectivity index (χ4n) is 2.81. The summed E-state index contributed by atoms with van der Waals surface area (Å²) in [5.41, 5.74) is 1.34. The number of halogens is 3. The minimum Gasteiger partial charge on any atom is -0.331 e. The summed E-state index contributed by atoms with van der Waals surface area (Å²) in [4.78, 5) is 14.0. The largest absolute Gasteiger partial charge is 0.331 e. The molecule has 1 atom stereocenters. The Kier molecular flexibility index (Phi) is 5.50. The zero-order chi connectivity index (χ0) is 18.0. The van der Waals surface area contributed by atoms with Crippen molar-refractivity contribution in [1.29, 1.82) is 0 Å². The van der Waals surface area contributed by atoms with Gasteiger partial charge >= 0.3 is 6.03 Å². The maximum absolute atomic E-state index is 13.9. The van der Waals surface area contributed by atoms with Gasteiger partial charge in [-0.3, -0.25) is 0 Å². The van der Waals surface area contributed by atoms with Crippen LogP contribution in [-0.2, 0) is 6.54 Å². The van der Waals surface area contributed by atoms with Crippen molar-refractivity contribution in [2.45, 2.75) is 25.4 Å². The number of benzene rings is 2. The summed E-state index contributed by atoms with van der Waals surface area (Å²) >= 11 is 12.0. The number of nitrogens with one attached hydrogen (secondary N) is 1. The summed E-state index contributed by atoms with van der Waals surface area (Å²) in [6, 6.07) is 11.7. The van der Waals surface area contributed by atoms with Crippen LogP contribution in [0, 0.1) is 11.7 Å². The molecule has 2 aromatic carbocycles. The molecule has 0 spiro atoms. The lowest BCUT2D eigenvalue weighted by Gasteiger charge is -2.24. The van der Waals surface area contributed by atoms with Crippen molar-refractivity contribution in [3.8, 4) is 0 Å². The average Bonchev–Trinajstić information content (AvgIpc) is 3.41. The number of hydrogen-bond acceptors (Lipinski definition) is 1. The van der Waals surface area contributed by atoms with Crippen molar-refractivity contribution >= 4 is 29.2 Å². The second kappa shape index (κ2) is 7.63. The van der Waals surface area contributed by atoms with E-state index in [1.807, 2.05) is 24.3 Å². The van der Waals surface area contributed by atoms with Crippen LogP contribution in [0.3, 0.4) is 0 Å². The third kappa shape index (κ3) is 4.44. The van der Waals surface area contributed by atoms with Crippen LogP contribution in [0.5, 0.6) is 0 Å². The van der Waals surface area contributed by atoms with E-state index in [1.165, 1.54) is 11.0 Å². The van der Waals surface area contributed by atoms with Crippen molar-refractivity contribution in [2.75, 3.05) is 7.05 Å². The molecular formula is C19H19Cl2FN2O. The van der Waals surface area contributed by atoms with Gasteiger partial charge in [-0.05, 0) is 48.6 Å². The first kappa shape index (κ1) is 18.0. The summed E-state index contributed by atoms with van der Waals surface area (Å²) in [6.07, 6.45) is 2.16. The van der Waals surface area contributed by atoms with Crippen LogP contribution in [0.15, 0.2) is 42.5 Å². The van der Waals surface area contributed by atoms with E-state index >= 15 is 0 Å². The molecule has 3 nitrogen and oxygen atoms in total. The Bertz CT molecular complexity index is 742. The van der Waals surface area contributed by atoms with Gasteiger partial charge in [-0.15, -0.1) is 0 Å². The van der Waals surface area contributed by atoms with Gasteiger partial charge in [-0.2, -0.15) is 0 Å². The van der Waals surface area contributed by atoms with Gasteiger partial charge in [-0.25, -0.2) is 9.18 Å². The maximum Gasteiger partial charge on any atom is 0.317 e. The number of hydrogen-bond donors (Lipinski definition) is 1. The number of nitrogens with zero attached hydrogens (tertiary/aromatic N) is 1. The Hall–Kier alpha value is -1.78. The number of rotatable bonds is 5. The molecule has 1 unspecified atom stereocenters. The van der Waals surface area contributed by atoms with Gasteiger partial charge in [0.15, 0.2) is 0 Å². The first-order valence-electron chi connectivity index (χ1n) is 8.15.